The highest BCUT2D eigenvalue weighted by molar-refractivity contribution is 9.10. The highest BCUT2D eigenvalue weighted by Gasteiger charge is 2.04. The van der Waals surface area contributed by atoms with E-state index in [9.17, 15) is 4.39 Å². The van der Waals surface area contributed by atoms with E-state index in [2.05, 4.69) is 26.2 Å². The molecule has 0 aliphatic heterocycles. The van der Waals surface area contributed by atoms with Gasteiger partial charge in [0.2, 0.25) is 5.95 Å². The van der Waals surface area contributed by atoms with E-state index in [0.717, 1.165) is 15.8 Å². The molecular weight excluding hydrogens is 299 g/mol. The Morgan fingerprint density at radius 3 is 2.89 bits per heavy atom. The molecule has 0 atom stereocenters. The van der Waals surface area contributed by atoms with Crippen LogP contribution in [-0.4, -0.2) is 12.1 Å². The van der Waals surface area contributed by atoms with Crippen LogP contribution in [0.3, 0.4) is 0 Å². The summed E-state index contributed by atoms with van der Waals surface area (Å²) in [5.74, 6) is 0.778. The first-order valence-electron chi connectivity index (χ1n) is 5.38. The highest BCUT2D eigenvalue weighted by atomic mass is 79.9. The first kappa shape index (κ1) is 12.8. The fraction of sp³-hybridized carbons (Fsp3) is 0.154. The number of ether oxygens (including phenoxy) is 1. The van der Waals surface area contributed by atoms with Gasteiger partial charge < -0.3 is 10.1 Å². The number of hydrogen-bond donors (Lipinski definition) is 1. The zero-order valence-electron chi connectivity index (χ0n) is 9.78. The van der Waals surface area contributed by atoms with E-state index in [-0.39, 0.29) is 0 Å². The summed E-state index contributed by atoms with van der Waals surface area (Å²) in [5, 5.41) is 3.05. The van der Waals surface area contributed by atoms with Crippen LogP contribution in [0.25, 0.3) is 0 Å². The maximum atomic E-state index is 12.9. The lowest BCUT2D eigenvalue weighted by atomic mass is 10.2. The van der Waals surface area contributed by atoms with Crippen LogP contribution in [0.1, 0.15) is 5.56 Å². The lowest BCUT2D eigenvalue weighted by molar-refractivity contribution is 0.410. The Labute approximate surface area is 113 Å². The molecule has 2 aromatic rings. The first-order chi connectivity index (χ1) is 8.69. The van der Waals surface area contributed by atoms with Crippen LogP contribution < -0.4 is 10.1 Å². The van der Waals surface area contributed by atoms with Gasteiger partial charge in [-0.25, -0.2) is 4.98 Å². The van der Waals surface area contributed by atoms with E-state index in [1.807, 2.05) is 18.2 Å². The summed E-state index contributed by atoms with van der Waals surface area (Å²) in [7, 11) is 1.62. The lowest BCUT2D eigenvalue weighted by Crippen LogP contribution is -2.03. The number of pyridine rings is 1. The highest BCUT2D eigenvalue weighted by Crippen LogP contribution is 2.23. The van der Waals surface area contributed by atoms with Crippen molar-refractivity contribution in [1.29, 1.82) is 0 Å². The number of nitrogens with one attached hydrogen (secondary N) is 1. The minimum atomic E-state index is -0.499. The Bertz CT molecular complexity index is 548. The average Bonchev–Trinajstić information content (AvgIpc) is 2.37. The normalized spacial score (nSPS) is 10.2. The van der Waals surface area contributed by atoms with E-state index < -0.39 is 5.95 Å². The molecule has 1 aromatic carbocycles. The van der Waals surface area contributed by atoms with Gasteiger partial charge in [0.15, 0.2) is 0 Å². The number of nitrogens with zero attached hydrogens (tertiary/aromatic N) is 1. The molecule has 0 aliphatic rings. The van der Waals surface area contributed by atoms with Gasteiger partial charge in [-0.1, -0.05) is 22.0 Å². The largest absolute Gasteiger partial charge is 0.496 e. The van der Waals surface area contributed by atoms with E-state index in [4.69, 9.17) is 4.74 Å². The summed E-state index contributed by atoms with van der Waals surface area (Å²) < 4.78 is 19.1. The minimum Gasteiger partial charge on any atom is -0.496 e. The van der Waals surface area contributed by atoms with Crippen molar-refractivity contribution in [2.75, 3.05) is 12.4 Å². The lowest BCUT2D eigenvalue weighted by Gasteiger charge is -2.10. The number of aromatic nitrogens is 1. The van der Waals surface area contributed by atoms with Crippen LogP contribution in [0.4, 0.5) is 10.2 Å². The number of hydrogen-bond acceptors (Lipinski definition) is 3. The van der Waals surface area contributed by atoms with Crippen LogP contribution in [-0.2, 0) is 6.54 Å². The predicted molar refractivity (Wildman–Crippen MR) is 72.2 cm³/mol. The van der Waals surface area contributed by atoms with Gasteiger partial charge in [-0.15, -0.1) is 0 Å². The second kappa shape index (κ2) is 5.82. The molecule has 1 heterocycles. The summed E-state index contributed by atoms with van der Waals surface area (Å²) >= 11 is 3.40. The standard InChI is InChI=1S/C13H12BrFN2O/c1-18-11-6-5-10(14)7-9(11)8-16-13-4-2-3-12(15)17-13/h2-7H,8H2,1H3,(H,16,17). The zero-order chi connectivity index (χ0) is 13.0. The molecule has 0 unspecified atom stereocenters. The average molecular weight is 311 g/mol. The van der Waals surface area contributed by atoms with Gasteiger partial charge in [-0.3, -0.25) is 0 Å². The van der Waals surface area contributed by atoms with Crippen molar-refractivity contribution in [3.8, 4) is 5.75 Å². The topological polar surface area (TPSA) is 34.1 Å². The van der Waals surface area contributed by atoms with Crippen molar-refractivity contribution in [3.63, 3.8) is 0 Å². The van der Waals surface area contributed by atoms with Gasteiger partial charge in [-0.05, 0) is 30.3 Å². The fourth-order valence-corrected chi connectivity index (χ4v) is 1.99. The molecule has 18 heavy (non-hydrogen) atoms. The second-order valence-electron chi connectivity index (χ2n) is 3.66. The molecule has 1 N–H and O–H groups in total. The van der Waals surface area contributed by atoms with Crippen LogP contribution in [0.2, 0.25) is 0 Å². The van der Waals surface area contributed by atoms with Crippen LogP contribution in [0, 0.1) is 5.95 Å². The van der Waals surface area contributed by atoms with Gasteiger partial charge in [0.1, 0.15) is 11.6 Å². The Hall–Kier alpha value is -1.62. The number of rotatable bonds is 4. The molecule has 0 aliphatic carbocycles. The summed E-state index contributed by atoms with van der Waals surface area (Å²) in [6.45, 7) is 0.513. The van der Waals surface area contributed by atoms with Gasteiger partial charge >= 0.3 is 0 Å². The van der Waals surface area contributed by atoms with Crippen molar-refractivity contribution >= 4 is 21.7 Å². The van der Waals surface area contributed by atoms with Crippen LogP contribution in [0.5, 0.6) is 5.75 Å². The third-order valence-corrected chi connectivity index (χ3v) is 2.91. The molecule has 0 amide bonds. The molecule has 0 saturated heterocycles. The number of halogens is 2. The van der Waals surface area contributed by atoms with Crippen molar-refractivity contribution in [2.24, 2.45) is 0 Å². The molecular formula is C13H12BrFN2O. The Balaban J connectivity index is 2.12. The Morgan fingerprint density at radius 2 is 2.17 bits per heavy atom. The van der Waals surface area contributed by atoms with E-state index in [0.29, 0.717) is 12.4 Å². The molecule has 2 rings (SSSR count). The smallest absolute Gasteiger partial charge is 0.214 e. The quantitative estimate of drug-likeness (QED) is 0.876. The molecule has 0 fully saturated rings. The van der Waals surface area contributed by atoms with Crippen molar-refractivity contribution in [3.05, 3.63) is 52.4 Å². The third-order valence-electron chi connectivity index (χ3n) is 2.42. The van der Waals surface area contributed by atoms with Gasteiger partial charge in [0, 0.05) is 16.6 Å². The Morgan fingerprint density at radius 1 is 1.33 bits per heavy atom. The molecule has 0 saturated carbocycles. The van der Waals surface area contributed by atoms with Crippen LogP contribution in [0.15, 0.2) is 40.9 Å². The third kappa shape index (κ3) is 3.20. The summed E-state index contributed by atoms with van der Waals surface area (Å²) in [6, 6.07) is 10.4. The summed E-state index contributed by atoms with van der Waals surface area (Å²) in [5.41, 5.74) is 0.970. The second-order valence-corrected chi connectivity index (χ2v) is 4.57. The molecule has 1 aromatic heterocycles. The van der Waals surface area contributed by atoms with E-state index in [1.165, 1.54) is 6.07 Å². The molecule has 0 spiro atoms. The van der Waals surface area contributed by atoms with Gasteiger partial charge in [0.05, 0.1) is 7.11 Å². The van der Waals surface area contributed by atoms with Crippen LogP contribution >= 0.6 is 15.9 Å². The van der Waals surface area contributed by atoms with E-state index >= 15 is 0 Å². The van der Waals surface area contributed by atoms with Crippen molar-refractivity contribution < 1.29 is 9.13 Å². The van der Waals surface area contributed by atoms with Gasteiger partial charge in [0.25, 0.3) is 0 Å². The maximum absolute atomic E-state index is 12.9. The van der Waals surface area contributed by atoms with Crippen molar-refractivity contribution in [2.45, 2.75) is 6.54 Å². The SMILES string of the molecule is COc1ccc(Br)cc1CNc1cccc(F)n1. The van der Waals surface area contributed by atoms with Gasteiger partial charge in [-0.2, -0.15) is 4.39 Å². The number of methoxy groups -OCH3 is 1. The summed E-state index contributed by atoms with van der Waals surface area (Å²) in [6.07, 6.45) is 0. The van der Waals surface area contributed by atoms with E-state index in [1.54, 1.807) is 19.2 Å². The fourth-order valence-electron chi connectivity index (χ4n) is 1.58. The summed E-state index contributed by atoms with van der Waals surface area (Å²) in [4.78, 5) is 3.74. The monoisotopic (exact) mass is 310 g/mol. The zero-order valence-corrected chi connectivity index (χ0v) is 11.4. The molecule has 0 radical (unpaired) electrons. The van der Waals surface area contributed by atoms with Crippen molar-refractivity contribution in [1.82, 2.24) is 4.98 Å². The molecule has 0 bridgehead atoms. The number of benzene rings is 1. The molecule has 94 valence electrons. The minimum absolute atomic E-state index is 0.497. The Kier molecular flexibility index (Phi) is 4.15. The molecule has 5 heteroatoms. The number of anilines is 1. The maximum Gasteiger partial charge on any atom is 0.214 e. The first-order valence-corrected chi connectivity index (χ1v) is 6.17. The predicted octanol–water partition coefficient (Wildman–Crippen LogP) is 3.60. The molecule has 3 nitrogen and oxygen atoms in total.